The van der Waals surface area contributed by atoms with E-state index in [2.05, 4.69) is 10.3 Å². The number of ether oxygens (including phenoxy) is 2. The van der Waals surface area contributed by atoms with Crippen molar-refractivity contribution in [3.05, 3.63) is 39.5 Å². The van der Waals surface area contributed by atoms with E-state index in [1.165, 1.54) is 34.5 Å². The number of carbonyl (C=O) groups excluding carboxylic acids is 3. The third-order valence-corrected chi connectivity index (χ3v) is 9.70. The number of H-pyrrole nitrogens is 1. The summed E-state index contributed by atoms with van der Waals surface area (Å²) in [6, 6.07) is 0. The van der Waals surface area contributed by atoms with Crippen molar-refractivity contribution in [1.82, 2.24) is 4.98 Å². The Morgan fingerprint density at radius 3 is 2.63 bits per heavy atom. The van der Waals surface area contributed by atoms with Crippen molar-refractivity contribution in [1.29, 1.82) is 0 Å². The van der Waals surface area contributed by atoms with E-state index in [4.69, 9.17) is 9.47 Å². The number of hydrogen-bond acceptors (Lipinski definition) is 11. The second kappa shape index (κ2) is 17.0. The Kier molecular flexibility index (Phi) is 13.7. The molecule has 13 heteroatoms. The topological polar surface area (TPSA) is 175 Å². The van der Waals surface area contributed by atoms with Crippen molar-refractivity contribution in [2.45, 2.75) is 90.1 Å². The number of rotatable bonds is 16. The van der Waals surface area contributed by atoms with E-state index in [9.17, 15) is 34.5 Å². The number of carbonyl (C=O) groups is 3. The first-order chi connectivity index (χ1) is 20.5. The summed E-state index contributed by atoms with van der Waals surface area (Å²) in [6.45, 7) is 5.12. The normalized spacial score (nSPS) is 22.5. The number of aliphatic hydroxyl groups excluding tert-OH is 3. The van der Waals surface area contributed by atoms with Crippen LogP contribution in [0.5, 0.6) is 0 Å². The minimum Gasteiger partial charge on any atom is -0.463 e. The molecule has 1 saturated heterocycles. The monoisotopic (exact) mass is 638 g/mol. The average Bonchev–Trinajstić information content (AvgIpc) is 3.53. The van der Waals surface area contributed by atoms with Crippen LogP contribution < -0.4 is 10.9 Å². The number of aromatic amines is 1. The maximum atomic E-state index is 12.2. The van der Waals surface area contributed by atoms with Gasteiger partial charge in [0.15, 0.2) is 0 Å². The molecule has 1 amide bonds. The van der Waals surface area contributed by atoms with Gasteiger partial charge in [-0.2, -0.15) is 0 Å². The van der Waals surface area contributed by atoms with Gasteiger partial charge in [0.1, 0.15) is 29.8 Å². The summed E-state index contributed by atoms with van der Waals surface area (Å²) in [5, 5.41) is 36.3. The molecule has 1 fully saturated rings. The summed E-state index contributed by atoms with van der Waals surface area (Å²) in [5.74, 6) is -1.41. The van der Waals surface area contributed by atoms with Crippen molar-refractivity contribution in [3.8, 4) is 10.6 Å². The minimum absolute atomic E-state index is 0.0324. The average molecular weight is 639 g/mol. The van der Waals surface area contributed by atoms with Crippen LogP contribution in [0.3, 0.4) is 0 Å². The number of anilines is 1. The molecule has 0 spiro atoms. The molecule has 3 aliphatic rings. The Balaban J connectivity index is 1.29. The van der Waals surface area contributed by atoms with Gasteiger partial charge in [-0.05, 0) is 38.7 Å². The number of aromatic nitrogens is 1. The third kappa shape index (κ3) is 10.2. The lowest BCUT2D eigenvalue weighted by Gasteiger charge is -2.39. The zero-order valence-electron chi connectivity index (χ0n) is 24.7. The van der Waals surface area contributed by atoms with Crippen molar-refractivity contribution >= 4 is 44.0 Å². The molecular weight excluding hydrogens is 596 g/mol. The van der Waals surface area contributed by atoms with E-state index >= 15 is 0 Å². The second-order valence-corrected chi connectivity index (χ2v) is 13.1. The Bertz CT molecular complexity index is 1300. The molecule has 43 heavy (non-hydrogen) atoms. The highest BCUT2D eigenvalue weighted by molar-refractivity contribution is 7.70. The Hall–Kier alpha value is -2.68. The molecule has 6 atom stereocenters. The van der Waals surface area contributed by atoms with Gasteiger partial charge in [0.25, 0.3) is 5.56 Å². The Labute approximate surface area is 258 Å². The van der Waals surface area contributed by atoms with Gasteiger partial charge < -0.3 is 35.1 Å². The number of aliphatic hydroxyl groups is 3. The number of esters is 1. The summed E-state index contributed by atoms with van der Waals surface area (Å²) in [7, 11) is 2.94. The highest BCUT2D eigenvalue weighted by Crippen LogP contribution is 2.35. The zero-order valence-corrected chi connectivity index (χ0v) is 26.4. The lowest BCUT2D eigenvalue weighted by atomic mass is 9.86. The first-order valence-corrected chi connectivity index (χ1v) is 16.8. The fourth-order valence-corrected chi connectivity index (χ4v) is 6.89. The zero-order chi connectivity index (χ0) is 31.5. The molecule has 238 valence electrons. The molecule has 3 aliphatic heterocycles. The Morgan fingerprint density at radius 1 is 1.16 bits per heavy atom. The minimum atomic E-state index is -1.35. The molecule has 0 aromatic heterocycles. The summed E-state index contributed by atoms with van der Waals surface area (Å²) < 4.78 is 10.9. The number of amides is 1. The van der Waals surface area contributed by atoms with E-state index in [1.54, 1.807) is 19.1 Å². The number of fused-ring (bicyclic) bond motifs is 1. The molecule has 0 saturated carbocycles. The smallest absolute Gasteiger partial charge is 0.330 e. The number of allylic oxidation sites excluding steroid dienone is 2. The van der Waals surface area contributed by atoms with Gasteiger partial charge >= 0.3 is 5.97 Å². The first kappa shape index (κ1) is 34.8. The number of ketones is 1. The number of Topliss-reactive ketones (excluding diaryl/α,β-unsaturated/α-hetero) is 1. The van der Waals surface area contributed by atoms with Gasteiger partial charge in [-0.1, -0.05) is 59.0 Å². The van der Waals surface area contributed by atoms with Gasteiger partial charge in [-0.25, -0.2) is 4.79 Å². The van der Waals surface area contributed by atoms with Crippen LogP contribution in [0.25, 0.3) is 10.6 Å². The maximum absolute atomic E-state index is 12.2. The van der Waals surface area contributed by atoms with Crippen LogP contribution in [-0.4, -0.2) is 75.6 Å². The highest BCUT2D eigenvalue weighted by atomic mass is 32.9. The largest absolute Gasteiger partial charge is 0.463 e. The van der Waals surface area contributed by atoms with Crippen LogP contribution >= 0.6 is 20.7 Å². The van der Waals surface area contributed by atoms with Crippen LogP contribution in [0.15, 0.2) is 34.0 Å². The molecule has 0 radical (unpaired) electrons. The van der Waals surface area contributed by atoms with Gasteiger partial charge in [0.2, 0.25) is 5.91 Å². The van der Waals surface area contributed by atoms with E-state index in [0.717, 1.165) is 35.9 Å². The third-order valence-electron chi connectivity index (χ3n) is 7.60. The second-order valence-electron chi connectivity index (χ2n) is 11.0. The number of unbranched alkanes of at least 4 members (excludes halogenated alkanes) is 4. The Morgan fingerprint density at radius 2 is 1.88 bits per heavy atom. The molecular formula is C30H42N2O9S2. The molecule has 0 aromatic rings. The molecule has 0 aliphatic carbocycles. The van der Waals surface area contributed by atoms with Gasteiger partial charge in [0.05, 0.1) is 29.9 Å². The van der Waals surface area contributed by atoms with Crippen molar-refractivity contribution in [2.24, 2.45) is 11.8 Å². The van der Waals surface area contributed by atoms with Gasteiger partial charge in [-0.3, -0.25) is 14.4 Å². The SMILES string of the molecule is CC(=O)C(C)/C=C/CC1COC(C(O)/C(C)=C/C(=O)OCCCCCCCC(=O)Nc2c3sscc-3[nH]c2=O)C(O)C1O. The fourth-order valence-electron chi connectivity index (χ4n) is 4.73. The lowest BCUT2D eigenvalue weighted by Crippen LogP contribution is -2.54. The number of nitrogens with one attached hydrogen (secondary N) is 2. The molecule has 0 aromatic carbocycles. The maximum Gasteiger partial charge on any atom is 0.330 e. The predicted octanol–water partition coefficient (Wildman–Crippen LogP) is 3.64. The van der Waals surface area contributed by atoms with Crippen LogP contribution in [-0.2, 0) is 23.9 Å². The number of hydrogen-bond donors (Lipinski definition) is 5. The molecule has 11 nitrogen and oxygen atoms in total. The first-order valence-electron chi connectivity index (χ1n) is 14.6. The van der Waals surface area contributed by atoms with Crippen LogP contribution in [0.1, 0.15) is 65.7 Å². The predicted molar refractivity (Wildman–Crippen MR) is 165 cm³/mol. The summed E-state index contributed by atoms with van der Waals surface area (Å²) >= 11 is 0. The van der Waals surface area contributed by atoms with Crippen molar-refractivity contribution < 1.29 is 39.2 Å². The van der Waals surface area contributed by atoms with E-state index < -0.39 is 36.3 Å². The lowest BCUT2D eigenvalue weighted by molar-refractivity contribution is -0.187. The molecule has 3 rings (SSSR count). The van der Waals surface area contributed by atoms with Crippen molar-refractivity contribution in [2.75, 3.05) is 18.5 Å². The summed E-state index contributed by atoms with van der Waals surface area (Å²) in [6.07, 6.45) is 4.34. The van der Waals surface area contributed by atoms with E-state index in [1.807, 2.05) is 5.38 Å². The molecule has 6 unspecified atom stereocenters. The highest BCUT2D eigenvalue weighted by Gasteiger charge is 2.41. The van der Waals surface area contributed by atoms with E-state index in [-0.39, 0.29) is 42.0 Å². The van der Waals surface area contributed by atoms with Gasteiger partial charge in [-0.15, -0.1) is 0 Å². The molecule has 5 N–H and O–H groups in total. The van der Waals surface area contributed by atoms with Gasteiger partial charge in [0, 0.05) is 29.7 Å². The van der Waals surface area contributed by atoms with Crippen LogP contribution in [0.2, 0.25) is 0 Å². The molecule has 3 heterocycles. The van der Waals surface area contributed by atoms with Crippen LogP contribution in [0.4, 0.5) is 5.69 Å². The summed E-state index contributed by atoms with van der Waals surface area (Å²) in [5.41, 5.74) is 1.02. The van der Waals surface area contributed by atoms with Crippen LogP contribution in [0, 0.1) is 11.8 Å². The fraction of sp³-hybridized carbons (Fsp3) is 0.600. The standard InChI is InChI=1S/C30H42N2O9S2/c1-17(19(3)33)10-9-11-20-15-41-28(27(38)26(20)37)25(36)18(2)14-23(35)40-13-8-6-4-5-7-12-22(34)32-24-29-21(16-42-43-29)31-30(24)39/h9-10,14,16-17,20,25-28,36-38H,4-8,11-13,15H2,1-3H3,(H,31,39)(H,32,34)/b10-9+,18-14+. The molecule has 0 bridgehead atoms. The quantitative estimate of drug-likeness (QED) is 0.0604. The summed E-state index contributed by atoms with van der Waals surface area (Å²) in [4.78, 5) is 51.3. The van der Waals surface area contributed by atoms with E-state index in [0.29, 0.717) is 31.4 Å². The van der Waals surface area contributed by atoms with Crippen molar-refractivity contribution in [3.63, 3.8) is 0 Å².